The van der Waals surface area contributed by atoms with Crippen LogP contribution in [0.15, 0.2) is 48.5 Å². The third-order valence-electron chi connectivity index (χ3n) is 4.76. The van der Waals surface area contributed by atoms with Crippen molar-refractivity contribution in [2.24, 2.45) is 5.92 Å². The molecule has 0 spiro atoms. The van der Waals surface area contributed by atoms with E-state index >= 15 is 0 Å². The second kappa shape index (κ2) is 9.49. The number of hydrogen-bond donors (Lipinski definition) is 3. The summed E-state index contributed by atoms with van der Waals surface area (Å²) in [6, 6.07) is 13.5. The number of amides is 3. The second-order valence-electron chi connectivity index (χ2n) is 7.07. The van der Waals surface area contributed by atoms with Crippen molar-refractivity contribution < 1.29 is 14.4 Å². The molecule has 3 rings (SSSR count). The smallest absolute Gasteiger partial charge is 0.251 e. The van der Waals surface area contributed by atoms with Gasteiger partial charge in [-0.15, -0.1) is 0 Å². The minimum absolute atomic E-state index is 0.0570. The zero-order chi connectivity index (χ0) is 21.7. The van der Waals surface area contributed by atoms with Gasteiger partial charge in [0.2, 0.25) is 11.8 Å². The van der Waals surface area contributed by atoms with Gasteiger partial charge in [-0.3, -0.25) is 14.4 Å². The highest BCUT2D eigenvalue weighted by atomic mass is 32.1. The van der Waals surface area contributed by atoms with Crippen molar-refractivity contribution in [3.05, 3.63) is 54.1 Å². The highest BCUT2D eigenvalue weighted by Gasteiger charge is 2.27. The lowest BCUT2D eigenvalue weighted by Crippen LogP contribution is -2.47. The van der Waals surface area contributed by atoms with E-state index in [4.69, 9.17) is 0 Å². The molecule has 3 aromatic rings. The SMILES string of the molecule is CCC(C)C(NC(=O)c1ccccc1)C(=O)Nc1nc2ccc(NC(C)=O)cc2s1. The Morgan fingerprint density at radius 3 is 2.47 bits per heavy atom. The summed E-state index contributed by atoms with van der Waals surface area (Å²) in [5.41, 5.74) is 1.89. The molecular weight excluding hydrogens is 400 g/mol. The summed E-state index contributed by atoms with van der Waals surface area (Å²) in [4.78, 5) is 41.2. The molecule has 156 valence electrons. The van der Waals surface area contributed by atoms with Gasteiger partial charge in [-0.25, -0.2) is 4.98 Å². The van der Waals surface area contributed by atoms with Gasteiger partial charge in [-0.1, -0.05) is 49.8 Å². The summed E-state index contributed by atoms with van der Waals surface area (Å²) in [6.45, 7) is 5.34. The molecule has 3 N–H and O–H groups in total. The Morgan fingerprint density at radius 1 is 1.07 bits per heavy atom. The van der Waals surface area contributed by atoms with E-state index in [1.807, 2.05) is 26.0 Å². The monoisotopic (exact) mass is 424 g/mol. The van der Waals surface area contributed by atoms with Crippen molar-refractivity contribution >= 4 is 50.1 Å². The fraction of sp³-hybridized carbons (Fsp3) is 0.273. The van der Waals surface area contributed by atoms with Crippen LogP contribution in [0.1, 0.15) is 37.6 Å². The molecule has 2 aromatic carbocycles. The maximum absolute atomic E-state index is 13.0. The second-order valence-corrected chi connectivity index (χ2v) is 8.11. The number of carbonyl (C=O) groups excluding carboxylic acids is 3. The van der Waals surface area contributed by atoms with E-state index in [1.165, 1.54) is 18.3 Å². The Bertz CT molecular complexity index is 1060. The van der Waals surface area contributed by atoms with Gasteiger partial charge in [0.15, 0.2) is 5.13 Å². The quantitative estimate of drug-likeness (QED) is 0.533. The van der Waals surface area contributed by atoms with Crippen LogP contribution >= 0.6 is 11.3 Å². The summed E-state index contributed by atoms with van der Waals surface area (Å²) < 4.78 is 0.838. The number of rotatable bonds is 7. The van der Waals surface area contributed by atoms with Gasteiger partial charge in [0, 0.05) is 18.2 Å². The molecule has 30 heavy (non-hydrogen) atoms. The molecule has 0 saturated carbocycles. The van der Waals surface area contributed by atoms with Crippen LogP contribution in [0.3, 0.4) is 0 Å². The minimum Gasteiger partial charge on any atom is -0.340 e. The van der Waals surface area contributed by atoms with Crippen LogP contribution in [0.25, 0.3) is 10.2 Å². The van der Waals surface area contributed by atoms with Crippen molar-refractivity contribution in [3.8, 4) is 0 Å². The van der Waals surface area contributed by atoms with Gasteiger partial charge in [0.1, 0.15) is 6.04 Å². The molecule has 1 heterocycles. The van der Waals surface area contributed by atoms with Crippen LogP contribution in [0.4, 0.5) is 10.8 Å². The van der Waals surface area contributed by atoms with Crippen LogP contribution < -0.4 is 16.0 Å². The Balaban J connectivity index is 1.76. The maximum Gasteiger partial charge on any atom is 0.251 e. The number of hydrogen-bond acceptors (Lipinski definition) is 5. The largest absolute Gasteiger partial charge is 0.340 e. The number of fused-ring (bicyclic) bond motifs is 1. The number of nitrogens with one attached hydrogen (secondary N) is 3. The third-order valence-corrected chi connectivity index (χ3v) is 5.69. The zero-order valence-corrected chi connectivity index (χ0v) is 17.9. The van der Waals surface area contributed by atoms with E-state index in [-0.39, 0.29) is 23.6 Å². The van der Waals surface area contributed by atoms with E-state index in [0.717, 1.165) is 16.6 Å². The molecule has 8 heteroatoms. The lowest BCUT2D eigenvalue weighted by Gasteiger charge is -2.23. The van der Waals surface area contributed by atoms with Crippen molar-refractivity contribution in [1.82, 2.24) is 10.3 Å². The first-order valence-electron chi connectivity index (χ1n) is 9.72. The molecule has 0 aliphatic heterocycles. The Kier molecular flexibility index (Phi) is 6.79. The number of thiazole rings is 1. The highest BCUT2D eigenvalue weighted by molar-refractivity contribution is 7.22. The molecule has 0 radical (unpaired) electrons. The van der Waals surface area contributed by atoms with Crippen LogP contribution in [-0.4, -0.2) is 28.7 Å². The van der Waals surface area contributed by atoms with Gasteiger partial charge in [0.25, 0.3) is 5.91 Å². The lowest BCUT2D eigenvalue weighted by atomic mass is 9.98. The Morgan fingerprint density at radius 2 is 1.80 bits per heavy atom. The van der Waals surface area contributed by atoms with Crippen LogP contribution in [0.2, 0.25) is 0 Å². The molecule has 0 fully saturated rings. The topological polar surface area (TPSA) is 100 Å². The van der Waals surface area contributed by atoms with Gasteiger partial charge in [-0.05, 0) is 36.2 Å². The van der Waals surface area contributed by atoms with Crippen LogP contribution in [0, 0.1) is 5.92 Å². The van der Waals surface area contributed by atoms with Gasteiger partial charge in [0.05, 0.1) is 10.2 Å². The van der Waals surface area contributed by atoms with Gasteiger partial charge >= 0.3 is 0 Å². The van der Waals surface area contributed by atoms with Crippen LogP contribution in [0.5, 0.6) is 0 Å². The normalized spacial score (nSPS) is 12.8. The van der Waals surface area contributed by atoms with Crippen molar-refractivity contribution in [2.75, 3.05) is 10.6 Å². The predicted octanol–water partition coefficient (Wildman–Crippen LogP) is 4.04. The van der Waals surface area contributed by atoms with E-state index in [1.54, 1.807) is 36.4 Å². The fourth-order valence-corrected chi connectivity index (χ4v) is 3.87. The summed E-state index contributed by atoms with van der Waals surface area (Å²) in [5.74, 6) is -0.813. The molecule has 0 aliphatic rings. The first-order valence-corrected chi connectivity index (χ1v) is 10.5. The van der Waals surface area contributed by atoms with E-state index in [9.17, 15) is 14.4 Å². The molecule has 2 atom stereocenters. The number of aromatic nitrogens is 1. The number of anilines is 2. The first kappa shape index (κ1) is 21.4. The van der Waals surface area contributed by atoms with E-state index in [2.05, 4.69) is 20.9 Å². The fourth-order valence-electron chi connectivity index (χ4n) is 2.96. The molecule has 1 aromatic heterocycles. The summed E-state index contributed by atoms with van der Waals surface area (Å²) in [6.07, 6.45) is 0.729. The highest BCUT2D eigenvalue weighted by Crippen LogP contribution is 2.28. The maximum atomic E-state index is 13.0. The zero-order valence-electron chi connectivity index (χ0n) is 17.1. The standard InChI is InChI=1S/C22H24N4O3S/c1-4-13(2)19(25-20(28)15-8-6-5-7-9-15)21(29)26-22-24-17-11-10-16(23-14(3)27)12-18(17)30-22/h5-13,19H,4H2,1-3H3,(H,23,27)(H,25,28)(H,24,26,29). The van der Waals surface area contributed by atoms with Gasteiger partial charge < -0.3 is 16.0 Å². The minimum atomic E-state index is -0.690. The third kappa shape index (κ3) is 5.21. The first-order chi connectivity index (χ1) is 14.4. The van der Waals surface area contributed by atoms with Crippen molar-refractivity contribution in [2.45, 2.75) is 33.2 Å². The molecule has 0 saturated heterocycles. The summed E-state index contributed by atoms with van der Waals surface area (Å²) in [5, 5.41) is 8.85. The average molecular weight is 425 g/mol. The van der Waals surface area contributed by atoms with Gasteiger partial charge in [-0.2, -0.15) is 0 Å². The van der Waals surface area contributed by atoms with Crippen LogP contribution in [-0.2, 0) is 9.59 Å². The molecule has 2 unspecified atom stereocenters. The number of benzene rings is 2. The average Bonchev–Trinajstić information content (AvgIpc) is 3.12. The number of nitrogens with zero attached hydrogens (tertiary/aromatic N) is 1. The number of carbonyl (C=O) groups is 3. The Labute approximate surface area is 178 Å². The van der Waals surface area contributed by atoms with Crippen molar-refractivity contribution in [3.63, 3.8) is 0 Å². The van der Waals surface area contributed by atoms with Crippen molar-refractivity contribution in [1.29, 1.82) is 0 Å². The summed E-state index contributed by atoms with van der Waals surface area (Å²) >= 11 is 1.31. The molecule has 0 aliphatic carbocycles. The molecule has 7 nitrogen and oxygen atoms in total. The predicted molar refractivity (Wildman–Crippen MR) is 120 cm³/mol. The summed E-state index contributed by atoms with van der Waals surface area (Å²) in [7, 11) is 0. The van der Waals surface area contributed by atoms with E-state index in [0.29, 0.717) is 16.4 Å². The van der Waals surface area contributed by atoms with E-state index < -0.39 is 6.04 Å². The molecule has 0 bridgehead atoms. The Hall–Kier alpha value is -3.26. The lowest BCUT2D eigenvalue weighted by molar-refractivity contribution is -0.119. The molecule has 3 amide bonds. The molecular formula is C22H24N4O3S.